The third kappa shape index (κ3) is 2.03. The largest absolute Gasteiger partial charge is 0.245 e. The molecule has 0 radical (unpaired) electrons. The zero-order valence-corrected chi connectivity index (χ0v) is 12.1. The number of nitrogens with zero attached hydrogens (tertiary/aromatic N) is 2. The van der Waals surface area contributed by atoms with Gasteiger partial charge in [-0.15, -0.1) is 22.7 Å². The van der Waals surface area contributed by atoms with E-state index >= 15 is 0 Å². The van der Waals surface area contributed by atoms with Crippen LogP contribution < -0.4 is 0 Å². The van der Waals surface area contributed by atoms with Crippen molar-refractivity contribution in [1.29, 1.82) is 0 Å². The molecule has 0 saturated heterocycles. The molecule has 4 aromatic heterocycles. The van der Waals surface area contributed by atoms with E-state index in [1.165, 1.54) is 9.75 Å². The van der Waals surface area contributed by atoms with E-state index in [9.17, 15) is 0 Å². The van der Waals surface area contributed by atoms with Gasteiger partial charge in [-0.1, -0.05) is 12.1 Å². The van der Waals surface area contributed by atoms with E-state index in [1.807, 2.05) is 24.3 Å². The highest BCUT2D eigenvalue weighted by Gasteiger charge is 2.05. The Labute approximate surface area is 124 Å². The van der Waals surface area contributed by atoms with Crippen molar-refractivity contribution >= 4 is 33.7 Å². The summed E-state index contributed by atoms with van der Waals surface area (Å²) in [5.41, 5.74) is 3.91. The molecule has 2 nitrogen and oxygen atoms in total. The highest BCUT2D eigenvalue weighted by atomic mass is 32.1. The quantitative estimate of drug-likeness (QED) is 0.515. The molecule has 0 N–H and O–H groups in total. The first kappa shape index (κ1) is 11.8. The van der Waals surface area contributed by atoms with E-state index < -0.39 is 0 Å². The van der Waals surface area contributed by atoms with Gasteiger partial charge in [0.05, 0.1) is 32.2 Å². The Morgan fingerprint density at radius 1 is 0.600 bits per heavy atom. The summed E-state index contributed by atoms with van der Waals surface area (Å²) in [6.45, 7) is 0. The molecule has 0 aliphatic rings. The van der Waals surface area contributed by atoms with Crippen molar-refractivity contribution in [2.24, 2.45) is 0 Å². The molecule has 0 fully saturated rings. The number of hydrogen-bond donors (Lipinski definition) is 0. The van der Waals surface area contributed by atoms with Crippen molar-refractivity contribution in [3.8, 4) is 21.1 Å². The van der Waals surface area contributed by atoms with Gasteiger partial charge in [0.2, 0.25) is 0 Å². The Morgan fingerprint density at radius 3 is 1.50 bits per heavy atom. The van der Waals surface area contributed by atoms with Gasteiger partial charge >= 0.3 is 0 Å². The maximum atomic E-state index is 4.69. The number of hydrogen-bond acceptors (Lipinski definition) is 4. The van der Waals surface area contributed by atoms with Crippen LogP contribution in [0.15, 0.2) is 59.3 Å². The summed E-state index contributed by atoms with van der Waals surface area (Å²) in [6.07, 6.45) is 0. The minimum Gasteiger partial charge on any atom is -0.245 e. The van der Waals surface area contributed by atoms with E-state index in [1.54, 1.807) is 22.7 Å². The van der Waals surface area contributed by atoms with Crippen molar-refractivity contribution < 1.29 is 0 Å². The Morgan fingerprint density at radius 2 is 1.10 bits per heavy atom. The van der Waals surface area contributed by atoms with Crippen molar-refractivity contribution in [3.05, 3.63) is 59.3 Å². The Hall–Kier alpha value is -2.04. The van der Waals surface area contributed by atoms with Crippen LogP contribution in [-0.4, -0.2) is 9.97 Å². The van der Waals surface area contributed by atoms with E-state index in [2.05, 4.69) is 35.0 Å². The van der Waals surface area contributed by atoms with Gasteiger partial charge in [0, 0.05) is 0 Å². The number of rotatable bonds is 2. The van der Waals surface area contributed by atoms with Gasteiger partial charge in [-0.05, 0) is 47.2 Å². The first-order chi connectivity index (χ1) is 9.90. The third-order valence-electron chi connectivity index (χ3n) is 3.09. The van der Waals surface area contributed by atoms with Crippen LogP contribution >= 0.6 is 22.7 Å². The predicted octanol–water partition coefficient (Wildman–Crippen LogP) is 5.09. The summed E-state index contributed by atoms with van der Waals surface area (Å²) in [5.74, 6) is 0. The first-order valence-electron chi connectivity index (χ1n) is 6.26. The van der Waals surface area contributed by atoms with E-state index in [-0.39, 0.29) is 0 Å². The molecular formula is C16H10N2S2. The van der Waals surface area contributed by atoms with Crippen LogP contribution in [0.2, 0.25) is 0 Å². The van der Waals surface area contributed by atoms with Crippen LogP contribution in [-0.2, 0) is 0 Å². The minimum atomic E-state index is 0.941. The molecule has 0 aliphatic carbocycles. The number of fused-ring (bicyclic) bond motifs is 1. The summed E-state index contributed by atoms with van der Waals surface area (Å²) in [6, 6.07) is 16.5. The molecule has 4 rings (SSSR count). The lowest BCUT2D eigenvalue weighted by molar-refractivity contribution is 1.35. The summed E-state index contributed by atoms with van der Waals surface area (Å²) < 4.78 is 0. The zero-order valence-electron chi connectivity index (χ0n) is 10.5. The standard InChI is InChI=1S/C16H10N2S2/c1-3-15(19-9-1)13-7-5-12-11(17-13)6-8-14(18-12)16-4-2-10-20-16/h1-10H. The number of thiophene rings is 2. The fourth-order valence-electron chi connectivity index (χ4n) is 2.13. The summed E-state index contributed by atoms with van der Waals surface area (Å²) >= 11 is 3.41. The van der Waals surface area contributed by atoms with Crippen molar-refractivity contribution in [2.45, 2.75) is 0 Å². The van der Waals surface area contributed by atoms with E-state index in [0.29, 0.717) is 0 Å². The first-order valence-corrected chi connectivity index (χ1v) is 8.02. The summed E-state index contributed by atoms with van der Waals surface area (Å²) in [4.78, 5) is 11.8. The topological polar surface area (TPSA) is 25.8 Å². The van der Waals surface area contributed by atoms with Crippen molar-refractivity contribution in [3.63, 3.8) is 0 Å². The second kappa shape index (κ2) is 4.81. The average molecular weight is 294 g/mol. The van der Waals surface area contributed by atoms with Crippen LogP contribution in [0.3, 0.4) is 0 Å². The predicted molar refractivity (Wildman–Crippen MR) is 86.2 cm³/mol. The number of aromatic nitrogens is 2. The summed E-state index contributed by atoms with van der Waals surface area (Å²) in [5, 5.41) is 4.14. The molecule has 4 heterocycles. The van der Waals surface area contributed by atoms with Crippen LogP contribution in [0.5, 0.6) is 0 Å². The Bertz CT molecular complexity index is 776. The van der Waals surface area contributed by atoms with Gasteiger partial charge in [0.1, 0.15) is 0 Å². The van der Waals surface area contributed by atoms with Crippen molar-refractivity contribution in [1.82, 2.24) is 9.97 Å². The molecule has 96 valence electrons. The molecule has 0 bridgehead atoms. The van der Waals surface area contributed by atoms with Crippen LogP contribution in [0, 0.1) is 0 Å². The second-order valence-electron chi connectivity index (χ2n) is 4.39. The van der Waals surface area contributed by atoms with Crippen LogP contribution in [0.1, 0.15) is 0 Å². The smallest absolute Gasteiger partial charge is 0.0895 e. The fraction of sp³-hybridized carbons (Fsp3) is 0. The molecule has 0 spiro atoms. The van der Waals surface area contributed by atoms with Gasteiger partial charge in [-0.25, -0.2) is 9.97 Å². The lowest BCUT2D eigenvalue weighted by atomic mass is 10.2. The molecule has 20 heavy (non-hydrogen) atoms. The molecule has 0 unspecified atom stereocenters. The molecule has 0 saturated carbocycles. The second-order valence-corrected chi connectivity index (χ2v) is 6.28. The molecular weight excluding hydrogens is 284 g/mol. The molecule has 4 aromatic rings. The van der Waals surface area contributed by atoms with Crippen LogP contribution in [0.25, 0.3) is 32.2 Å². The van der Waals surface area contributed by atoms with Gasteiger partial charge in [0.15, 0.2) is 0 Å². The highest BCUT2D eigenvalue weighted by molar-refractivity contribution is 7.13. The lowest BCUT2D eigenvalue weighted by Gasteiger charge is -2.02. The molecule has 4 heteroatoms. The minimum absolute atomic E-state index is 0.941. The monoisotopic (exact) mass is 294 g/mol. The molecule has 0 aliphatic heterocycles. The van der Waals surface area contributed by atoms with Gasteiger partial charge < -0.3 is 0 Å². The molecule has 0 aromatic carbocycles. The average Bonchev–Trinajstić information content (AvgIpc) is 3.19. The van der Waals surface area contributed by atoms with Crippen LogP contribution in [0.4, 0.5) is 0 Å². The normalized spacial score (nSPS) is 11.0. The summed E-state index contributed by atoms with van der Waals surface area (Å²) in [7, 11) is 0. The van der Waals surface area contributed by atoms with E-state index in [0.717, 1.165) is 22.4 Å². The van der Waals surface area contributed by atoms with Gasteiger partial charge in [0.25, 0.3) is 0 Å². The Balaban J connectivity index is 1.83. The fourth-order valence-corrected chi connectivity index (χ4v) is 3.52. The molecule has 0 amide bonds. The Kier molecular flexibility index (Phi) is 2.83. The SMILES string of the molecule is c1csc(-c2ccc3nc(-c4cccs4)ccc3n2)c1. The maximum absolute atomic E-state index is 4.69. The highest BCUT2D eigenvalue weighted by Crippen LogP contribution is 2.27. The third-order valence-corrected chi connectivity index (χ3v) is 4.87. The van der Waals surface area contributed by atoms with Gasteiger partial charge in [-0.2, -0.15) is 0 Å². The van der Waals surface area contributed by atoms with Gasteiger partial charge in [-0.3, -0.25) is 0 Å². The van der Waals surface area contributed by atoms with E-state index in [4.69, 9.17) is 9.97 Å². The number of pyridine rings is 2. The zero-order chi connectivity index (χ0) is 13.4. The molecule has 0 atom stereocenters. The maximum Gasteiger partial charge on any atom is 0.0895 e. The lowest BCUT2D eigenvalue weighted by Crippen LogP contribution is -1.87. The van der Waals surface area contributed by atoms with Crippen molar-refractivity contribution in [2.75, 3.05) is 0 Å².